The Hall–Kier alpha value is -3.02. The molecule has 9 nitrogen and oxygen atoms in total. The van der Waals surface area contributed by atoms with Crippen LogP contribution in [-0.2, 0) is 20.2 Å². The number of alkyl carbamates (subject to hydrolysis) is 2. The van der Waals surface area contributed by atoms with Crippen LogP contribution in [0.1, 0.15) is 59.1 Å². The highest BCUT2D eigenvalue weighted by Crippen LogP contribution is 2.42. The highest BCUT2D eigenvalue weighted by Gasteiger charge is 2.21. The first-order valence-electron chi connectivity index (χ1n) is 13.3. The zero-order valence-corrected chi connectivity index (χ0v) is 27.1. The summed E-state index contributed by atoms with van der Waals surface area (Å²) in [5.41, 5.74) is 0.625. The molecule has 0 radical (unpaired) electrons. The Balaban J connectivity index is 1.53. The SMILES string of the molecule is Cc1ccc(S2(OCCCOc3ccc(CN=C(NC(=O)OC(C)(C)C)NC(=O)OC(C)(C)C)cc3Br)=CC=2)cc1. The molecule has 224 valence electrons. The molecule has 41 heavy (non-hydrogen) atoms. The summed E-state index contributed by atoms with van der Waals surface area (Å²) in [6.07, 6.45) is -0.744. The number of hydrogen-bond donors (Lipinski definition) is 2. The quantitative estimate of drug-likeness (QED) is 0.133. The molecule has 3 rings (SSSR count). The van der Waals surface area contributed by atoms with Gasteiger partial charge < -0.3 is 18.4 Å². The number of guanidine groups is 1. The van der Waals surface area contributed by atoms with Gasteiger partial charge in [-0.05, 0) is 105 Å². The molecule has 2 N–H and O–H groups in total. The predicted molar refractivity (Wildman–Crippen MR) is 169 cm³/mol. The number of nitrogens with zero attached hydrogens (tertiary/aromatic N) is 1. The van der Waals surface area contributed by atoms with Crippen LogP contribution in [0.3, 0.4) is 0 Å². The van der Waals surface area contributed by atoms with Gasteiger partial charge in [0.05, 0.1) is 24.2 Å². The third kappa shape index (κ3) is 11.4. The normalized spacial score (nSPS) is 13.7. The lowest BCUT2D eigenvalue weighted by molar-refractivity contribution is 0.0545. The number of carbonyl (C=O) groups excluding carboxylic acids is 2. The van der Waals surface area contributed by atoms with Gasteiger partial charge in [-0.25, -0.2) is 14.6 Å². The summed E-state index contributed by atoms with van der Waals surface area (Å²) >= 11 is 3.56. The van der Waals surface area contributed by atoms with Crippen molar-refractivity contribution >= 4 is 54.3 Å². The molecule has 0 aromatic heterocycles. The zero-order chi connectivity index (χ0) is 30.3. The Labute approximate surface area is 251 Å². The molecule has 2 amide bonds. The molecule has 0 atom stereocenters. The second kappa shape index (κ2) is 13.8. The minimum atomic E-state index is -1.33. The van der Waals surface area contributed by atoms with Crippen molar-refractivity contribution in [3.63, 3.8) is 0 Å². The van der Waals surface area contributed by atoms with Crippen LogP contribution >= 0.6 is 25.4 Å². The highest BCUT2D eigenvalue weighted by atomic mass is 79.9. The third-order valence-corrected chi connectivity index (χ3v) is 8.20. The average molecular weight is 651 g/mol. The molecule has 0 aliphatic carbocycles. The van der Waals surface area contributed by atoms with Gasteiger partial charge in [0.1, 0.15) is 17.0 Å². The van der Waals surface area contributed by atoms with Crippen molar-refractivity contribution in [1.82, 2.24) is 10.6 Å². The van der Waals surface area contributed by atoms with E-state index < -0.39 is 32.9 Å². The molecule has 2 aromatic rings. The lowest BCUT2D eigenvalue weighted by atomic mass is 10.2. The monoisotopic (exact) mass is 649 g/mol. The number of amides is 2. The molecule has 0 fully saturated rings. The van der Waals surface area contributed by atoms with Gasteiger partial charge in [-0.2, -0.15) is 0 Å². The van der Waals surface area contributed by atoms with E-state index in [0.29, 0.717) is 19.0 Å². The molecule has 11 heteroatoms. The van der Waals surface area contributed by atoms with Gasteiger partial charge in [-0.1, -0.05) is 33.2 Å². The summed E-state index contributed by atoms with van der Waals surface area (Å²) < 4.78 is 23.5. The molecule has 1 heterocycles. The molecule has 0 bridgehead atoms. The number of aliphatic imine (C=N–C) groups is 1. The van der Waals surface area contributed by atoms with Crippen LogP contribution in [0.15, 0.2) is 56.8 Å². The molecule has 0 spiro atoms. The van der Waals surface area contributed by atoms with Crippen molar-refractivity contribution in [1.29, 1.82) is 0 Å². The lowest BCUT2D eigenvalue weighted by Gasteiger charge is -2.22. The smallest absolute Gasteiger partial charge is 0.414 e. The molecule has 0 saturated carbocycles. The van der Waals surface area contributed by atoms with Crippen LogP contribution < -0.4 is 15.4 Å². The van der Waals surface area contributed by atoms with Crippen LogP contribution in [0, 0.1) is 6.92 Å². The third-order valence-electron chi connectivity index (χ3n) is 5.25. The summed E-state index contributed by atoms with van der Waals surface area (Å²) in [6, 6.07) is 14.1. The van der Waals surface area contributed by atoms with E-state index in [0.717, 1.165) is 16.5 Å². The molecule has 1 aliphatic heterocycles. The van der Waals surface area contributed by atoms with Crippen LogP contribution in [0.25, 0.3) is 0 Å². The maximum Gasteiger partial charge on any atom is 0.414 e. The van der Waals surface area contributed by atoms with Crippen molar-refractivity contribution in [2.75, 3.05) is 13.2 Å². The number of aryl methyl sites for hydroxylation is 1. The van der Waals surface area contributed by atoms with E-state index in [1.807, 2.05) is 18.2 Å². The van der Waals surface area contributed by atoms with Crippen molar-refractivity contribution in [3.05, 3.63) is 58.1 Å². The zero-order valence-electron chi connectivity index (χ0n) is 24.7. The number of halogens is 1. The fourth-order valence-corrected chi connectivity index (χ4v) is 5.89. The molecule has 1 aliphatic rings. The largest absolute Gasteiger partial charge is 0.492 e. The maximum atomic E-state index is 12.3. The summed E-state index contributed by atoms with van der Waals surface area (Å²) in [7, 11) is -1.33. The van der Waals surface area contributed by atoms with Crippen molar-refractivity contribution in [3.8, 4) is 5.75 Å². The number of nitrogens with one attached hydrogen (secondary N) is 2. The molecule has 0 unspecified atom stereocenters. The van der Waals surface area contributed by atoms with Gasteiger partial charge in [0, 0.05) is 11.3 Å². The van der Waals surface area contributed by atoms with E-state index in [4.69, 9.17) is 18.4 Å². The molecular formula is C30H40BrN3O6S. The fraction of sp³-hybridized carbons (Fsp3) is 0.433. The maximum absolute atomic E-state index is 12.3. The van der Waals surface area contributed by atoms with E-state index in [-0.39, 0.29) is 12.5 Å². The first kappa shape index (κ1) is 32.5. The lowest BCUT2D eigenvalue weighted by Crippen LogP contribution is -2.47. The van der Waals surface area contributed by atoms with E-state index in [1.165, 1.54) is 10.5 Å². The van der Waals surface area contributed by atoms with Crippen LogP contribution in [0.4, 0.5) is 9.59 Å². The van der Waals surface area contributed by atoms with Gasteiger partial charge in [-0.3, -0.25) is 10.6 Å². The Morgan fingerprint density at radius 1 is 0.878 bits per heavy atom. The number of ether oxygens (including phenoxy) is 3. The van der Waals surface area contributed by atoms with Gasteiger partial charge in [0.15, 0.2) is 0 Å². The minimum Gasteiger partial charge on any atom is -0.492 e. The molecule has 2 aromatic carbocycles. The highest BCUT2D eigenvalue weighted by molar-refractivity contribution is 9.10. The van der Waals surface area contributed by atoms with E-state index in [9.17, 15) is 9.59 Å². The average Bonchev–Trinajstić information content (AvgIpc) is 3.62. The van der Waals surface area contributed by atoms with Gasteiger partial charge in [0.2, 0.25) is 5.96 Å². The van der Waals surface area contributed by atoms with Crippen molar-refractivity contribution < 1.29 is 28.0 Å². The fourth-order valence-electron chi connectivity index (χ4n) is 3.38. The number of carbonyl (C=O) groups is 2. The van der Waals surface area contributed by atoms with E-state index in [2.05, 4.69) is 73.5 Å². The van der Waals surface area contributed by atoms with Crippen molar-refractivity contribution in [2.45, 2.75) is 77.5 Å². The Morgan fingerprint density at radius 2 is 1.46 bits per heavy atom. The van der Waals surface area contributed by atoms with E-state index >= 15 is 0 Å². The van der Waals surface area contributed by atoms with E-state index in [1.54, 1.807) is 41.5 Å². The molecular weight excluding hydrogens is 610 g/mol. The first-order valence-corrected chi connectivity index (χ1v) is 15.8. The van der Waals surface area contributed by atoms with Gasteiger partial charge in [0.25, 0.3) is 0 Å². The standard InChI is InChI=1S/C30H40BrN3O6S/c1-21-9-12-23(13-10-21)41(17-18-41)38-16-8-15-37-25-14-11-22(19-24(25)31)20-32-26(33-27(35)39-29(2,3)4)34-28(36)40-30(5,6)7/h9-14,17-19H,8,15-16,20H2,1-7H3,(H2,32,33,34,35,36). The number of hydrogen-bond acceptors (Lipinski definition) is 7. The predicted octanol–water partition coefficient (Wildman–Crippen LogP) is 6.85. The first-order chi connectivity index (χ1) is 19.1. The van der Waals surface area contributed by atoms with Crippen LogP contribution in [-0.4, -0.2) is 53.3 Å². The Morgan fingerprint density at radius 3 is 1.98 bits per heavy atom. The van der Waals surface area contributed by atoms with Crippen LogP contribution in [0.2, 0.25) is 0 Å². The topological polar surface area (TPSA) is 107 Å². The second-order valence-corrected chi connectivity index (χ2v) is 14.8. The van der Waals surface area contributed by atoms with Gasteiger partial charge >= 0.3 is 12.2 Å². The number of rotatable bonds is 9. The summed E-state index contributed by atoms with van der Waals surface area (Å²) in [4.78, 5) is 30.2. The van der Waals surface area contributed by atoms with Gasteiger partial charge in [-0.15, -0.1) is 0 Å². The van der Waals surface area contributed by atoms with Crippen molar-refractivity contribution in [2.24, 2.45) is 4.99 Å². The summed E-state index contributed by atoms with van der Waals surface area (Å²) in [5.74, 6) is 0.613. The minimum absolute atomic E-state index is 0.0827. The summed E-state index contributed by atoms with van der Waals surface area (Å²) in [5, 5.41) is 9.25. The Kier molecular flexibility index (Phi) is 10.9. The van der Waals surface area contributed by atoms with Crippen LogP contribution in [0.5, 0.6) is 5.75 Å². The molecule has 0 saturated heterocycles. The second-order valence-electron chi connectivity index (χ2n) is 11.4. The number of benzene rings is 2. The Bertz CT molecular complexity index is 1350. The summed E-state index contributed by atoms with van der Waals surface area (Å²) in [6.45, 7) is 13.8.